The van der Waals surface area contributed by atoms with Gasteiger partial charge >= 0.3 is 0 Å². The maximum Gasteiger partial charge on any atom is 0.258 e. The second kappa shape index (κ2) is 8.40. The van der Waals surface area contributed by atoms with Crippen molar-refractivity contribution in [2.24, 2.45) is 0 Å². The molecule has 1 fully saturated rings. The van der Waals surface area contributed by atoms with Gasteiger partial charge in [0.2, 0.25) is 0 Å². The van der Waals surface area contributed by atoms with E-state index in [2.05, 4.69) is 17.5 Å². The van der Waals surface area contributed by atoms with Crippen LogP contribution in [0.2, 0.25) is 0 Å². The van der Waals surface area contributed by atoms with Crippen molar-refractivity contribution in [3.8, 4) is 22.7 Å². The Bertz CT molecular complexity index is 1180. The molecule has 3 heterocycles. The van der Waals surface area contributed by atoms with E-state index >= 15 is 0 Å². The van der Waals surface area contributed by atoms with Crippen LogP contribution in [0.3, 0.4) is 0 Å². The summed E-state index contributed by atoms with van der Waals surface area (Å²) in [7, 11) is 1.64. The Morgan fingerprint density at radius 3 is 2.65 bits per heavy atom. The molecule has 0 spiro atoms. The van der Waals surface area contributed by atoms with Crippen molar-refractivity contribution in [1.82, 2.24) is 14.7 Å². The molecule has 5 rings (SSSR count). The number of methoxy groups -OCH3 is 1. The Morgan fingerprint density at radius 2 is 1.87 bits per heavy atom. The third-order valence-electron chi connectivity index (χ3n) is 5.71. The predicted octanol–water partition coefficient (Wildman–Crippen LogP) is 5.59. The standard InChI is InChI=1S/C25H23N3O2S/c1-30-22-13-6-5-11-19(22)24-20(17-28(26-24)18-9-3-2-4-10-18)25(29)27-15-7-12-21(27)23-14-8-16-31-23/h2-6,8-11,13-14,16-17,21H,7,12,15H2,1H3/t21-/m1/s1. The molecule has 1 aliphatic rings. The number of thiophene rings is 1. The summed E-state index contributed by atoms with van der Waals surface area (Å²) >= 11 is 1.71. The monoisotopic (exact) mass is 429 g/mol. The van der Waals surface area contributed by atoms with Crippen molar-refractivity contribution in [3.05, 3.63) is 88.7 Å². The van der Waals surface area contributed by atoms with E-state index in [-0.39, 0.29) is 11.9 Å². The average molecular weight is 430 g/mol. The van der Waals surface area contributed by atoms with Gasteiger partial charge in [-0.3, -0.25) is 4.79 Å². The van der Waals surface area contributed by atoms with Crippen LogP contribution in [0.4, 0.5) is 0 Å². The fourth-order valence-electron chi connectivity index (χ4n) is 4.22. The summed E-state index contributed by atoms with van der Waals surface area (Å²) in [6, 6.07) is 21.9. The third kappa shape index (κ3) is 3.64. The summed E-state index contributed by atoms with van der Waals surface area (Å²) in [4.78, 5) is 17.1. The quantitative estimate of drug-likeness (QED) is 0.416. The molecular weight excluding hydrogens is 406 g/mol. The van der Waals surface area contributed by atoms with Gasteiger partial charge in [-0.15, -0.1) is 11.3 Å². The number of hydrogen-bond donors (Lipinski definition) is 0. The van der Waals surface area contributed by atoms with E-state index in [1.54, 1.807) is 23.1 Å². The highest BCUT2D eigenvalue weighted by Crippen LogP contribution is 2.38. The number of hydrogen-bond acceptors (Lipinski definition) is 4. The zero-order chi connectivity index (χ0) is 21.2. The van der Waals surface area contributed by atoms with Gasteiger partial charge in [0.1, 0.15) is 11.4 Å². The van der Waals surface area contributed by atoms with Crippen LogP contribution in [-0.4, -0.2) is 34.2 Å². The molecule has 0 radical (unpaired) electrons. The lowest BCUT2D eigenvalue weighted by molar-refractivity contribution is 0.0738. The van der Waals surface area contributed by atoms with E-state index in [9.17, 15) is 4.79 Å². The Labute approximate surface area is 185 Å². The zero-order valence-corrected chi connectivity index (χ0v) is 18.1. The number of ether oxygens (including phenoxy) is 1. The summed E-state index contributed by atoms with van der Waals surface area (Å²) in [5.41, 5.74) is 2.96. The zero-order valence-electron chi connectivity index (χ0n) is 17.3. The molecule has 0 unspecified atom stereocenters. The van der Waals surface area contributed by atoms with E-state index in [1.165, 1.54) is 4.88 Å². The minimum Gasteiger partial charge on any atom is -0.496 e. The lowest BCUT2D eigenvalue weighted by atomic mass is 10.1. The first-order valence-corrected chi connectivity index (χ1v) is 11.3. The number of nitrogens with zero attached hydrogens (tertiary/aromatic N) is 3. The minimum atomic E-state index is 0.0130. The van der Waals surface area contributed by atoms with Gasteiger partial charge in [0.25, 0.3) is 5.91 Å². The summed E-state index contributed by atoms with van der Waals surface area (Å²) < 4.78 is 7.37. The number of para-hydroxylation sites is 2. The van der Waals surface area contributed by atoms with Crippen LogP contribution in [0.1, 0.15) is 34.1 Å². The SMILES string of the molecule is COc1ccccc1-c1nn(-c2ccccc2)cc1C(=O)N1CCC[C@@H]1c1cccs1. The number of amides is 1. The molecule has 0 N–H and O–H groups in total. The molecule has 2 aromatic carbocycles. The van der Waals surface area contributed by atoms with Crippen LogP contribution in [0.15, 0.2) is 78.3 Å². The van der Waals surface area contributed by atoms with Gasteiger partial charge in [-0.05, 0) is 48.6 Å². The minimum absolute atomic E-state index is 0.0130. The summed E-state index contributed by atoms with van der Waals surface area (Å²) in [5, 5.41) is 6.90. The first-order chi connectivity index (χ1) is 15.3. The largest absolute Gasteiger partial charge is 0.496 e. The third-order valence-corrected chi connectivity index (χ3v) is 6.69. The smallest absolute Gasteiger partial charge is 0.258 e. The van der Waals surface area contributed by atoms with Crippen molar-refractivity contribution in [2.75, 3.05) is 13.7 Å². The maximum atomic E-state index is 13.8. The van der Waals surface area contributed by atoms with Gasteiger partial charge < -0.3 is 9.64 Å². The van der Waals surface area contributed by atoms with Gasteiger partial charge in [0, 0.05) is 23.2 Å². The number of benzene rings is 2. The molecule has 4 aromatic rings. The molecule has 156 valence electrons. The maximum absolute atomic E-state index is 13.8. The molecule has 1 aliphatic heterocycles. The lowest BCUT2D eigenvalue weighted by Gasteiger charge is -2.24. The fraction of sp³-hybridized carbons (Fsp3) is 0.200. The molecule has 0 aliphatic carbocycles. The molecule has 1 atom stereocenters. The van der Waals surface area contributed by atoms with Gasteiger partial charge in [0.05, 0.1) is 24.4 Å². The van der Waals surface area contributed by atoms with Crippen molar-refractivity contribution in [1.29, 1.82) is 0 Å². The highest BCUT2D eigenvalue weighted by molar-refractivity contribution is 7.10. The number of likely N-dealkylation sites (tertiary alicyclic amines) is 1. The number of aromatic nitrogens is 2. The molecule has 0 bridgehead atoms. The predicted molar refractivity (Wildman–Crippen MR) is 123 cm³/mol. The summed E-state index contributed by atoms with van der Waals surface area (Å²) in [6.07, 6.45) is 3.84. The molecule has 2 aromatic heterocycles. The van der Waals surface area contributed by atoms with Gasteiger partial charge in [-0.25, -0.2) is 4.68 Å². The van der Waals surface area contributed by atoms with Crippen LogP contribution in [-0.2, 0) is 0 Å². The second-order valence-electron chi connectivity index (χ2n) is 7.54. The van der Waals surface area contributed by atoms with Crippen LogP contribution in [0, 0.1) is 0 Å². The highest BCUT2D eigenvalue weighted by Gasteiger charge is 2.34. The van der Waals surface area contributed by atoms with Gasteiger partial charge in [0.15, 0.2) is 0 Å². The topological polar surface area (TPSA) is 47.4 Å². The van der Waals surface area contributed by atoms with E-state index in [4.69, 9.17) is 9.84 Å². The molecule has 0 saturated carbocycles. The van der Waals surface area contributed by atoms with Crippen LogP contribution < -0.4 is 4.74 Å². The molecule has 5 nitrogen and oxygen atoms in total. The molecule has 6 heteroatoms. The van der Waals surface area contributed by atoms with E-state index in [0.29, 0.717) is 17.0 Å². The van der Waals surface area contributed by atoms with Gasteiger partial charge in [-0.1, -0.05) is 36.4 Å². The molecule has 1 amide bonds. The average Bonchev–Trinajstić information content (AvgIpc) is 3.59. The molecule has 1 saturated heterocycles. The molecular formula is C25H23N3O2S. The molecule has 31 heavy (non-hydrogen) atoms. The lowest BCUT2D eigenvalue weighted by Crippen LogP contribution is -2.30. The number of rotatable bonds is 5. The summed E-state index contributed by atoms with van der Waals surface area (Å²) in [5.74, 6) is 0.713. The fourth-order valence-corrected chi connectivity index (χ4v) is 5.10. The van der Waals surface area contributed by atoms with Crippen LogP contribution >= 0.6 is 11.3 Å². The highest BCUT2D eigenvalue weighted by atomic mass is 32.1. The summed E-state index contributed by atoms with van der Waals surface area (Å²) in [6.45, 7) is 0.753. The van der Waals surface area contributed by atoms with Crippen molar-refractivity contribution < 1.29 is 9.53 Å². The van der Waals surface area contributed by atoms with Crippen molar-refractivity contribution in [2.45, 2.75) is 18.9 Å². The van der Waals surface area contributed by atoms with Crippen molar-refractivity contribution in [3.63, 3.8) is 0 Å². The van der Waals surface area contributed by atoms with E-state index < -0.39 is 0 Å². The van der Waals surface area contributed by atoms with Crippen LogP contribution in [0.5, 0.6) is 5.75 Å². The normalized spacial score (nSPS) is 15.9. The number of carbonyl (C=O) groups is 1. The van der Waals surface area contributed by atoms with E-state index in [0.717, 1.165) is 30.6 Å². The van der Waals surface area contributed by atoms with Gasteiger partial charge in [-0.2, -0.15) is 5.10 Å². The number of carbonyl (C=O) groups excluding carboxylic acids is 1. The second-order valence-corrected chi connectivity index (χ2v) is 8.52. The first-order valence-electron chi connectivity index (χ1n) is 10.4. The van der Waals surface area contributed by atoms with E-state index in [1.807, 2.05) is 65.7 Å². The first kappa shape index (κ1) is 19.6. The Balaban J connectivity index is 1.61. The van der Waals surface area contributed by atoms with Crippen LogP contribution in [0.25, 0.3) is 16.9 Å². The van der Waals surface area contributed by atoms with Crippen molar-refractivity contribution >= 4 is 17.2 Å². The Hall–Kier alpha value is -3.38. The Kier molecular flexibility index (Phi) is 5.30. The Morgan fingerprint density at radius 1 is 1.06 bits per heavy atom.